The average Bonchev–Trinajstić information content (AvgIpc) is 2.38. The molecule has 0 saturated heterocycles. The van der Waals surface area contributed by atoms with E-state index in [0.29, 0.717) is 0 Å². The zero-order chi connectivity index (χ0) is 13.0. The lowest BCUT2D eigenvalue weighted by Gasteiger charge is -2.01. The Bertz CT molecular complexity index is 554. The molecule has 0 aliphatic rings. The summed E-state index contributed by atoms with van der Waals surface area (Å²) in [5.41, 5.74) is 5.96. The molecule has 2 rings (SSSR count). The van der Waals surface area contributed by atoms with Crippen LogP contribution in [0.3, 0.4) is 0 Å². The zero-order valence-corrected chi connectivity index (χ0v) is 11.0. The van der Waals surface area contributed by atoms with Gasteiger partial charge in [-0.2, -0.15) is 0 Å². The van der Waals surface area contributed by atoms with E-state index in [1.165, 1.54) is 22.3 Å². The van der Waals surface area contributed by atoms with Crippen LogP contribution in [0.15, 0.2) is 61.2 Å². The fourth-order valence-electron chi connectivity index (χ4n) is 1.74. The second kappa shape index (κ2) is 5.50. The standard InChI is InChI=1S/C18H18/c1-14-4-9-17(10-5-14)11-8-16(3)18-12-6-15(2)7-13-18/h4-13H,3H2,1-2H3/b11-8+. The third-order valence-corrected chi connectivity index (χ3v) is 2.98. The molecule has 0 radical (unpaired) electrons. The molecule has 0 heteroatoms. The Morgan fingerprint density at radius 1 is 0.833 bits per heavy atom. The van der Waals surface area contributed by atoms with Crippen LogP contribution in [-0.4, -0.2) is 0 Å². The van der Waals surface area contributed by atoms with Gasteiger partial charge in [0.1, 0.15) is 0 Å². The SMILES string of the molecule is C=C(/C=C/c1ccc(C)cc1)c1ccc(C)cc1. The summed E-state index contributed by atoms with van der Waals surface area (Å²) in [6, 6.07) is 16.9. The van der Waals surface area contributed by atoms with E-state index in [9.17, 15) is 0 Å². The summed E-state index contributed by atoms with van der Waals surface area (Å²) < 4.78 is 0. The topological polar surface area (TPSA) is 0 Å². The Balaban J connectivity index is 2.11. The van der Waals surface area contributed by atoms with Gasteiger partial charge in [0, 0.05) is 0 Å². The molecule has 0 unspecified atom stereocenters. The van der Waals surface area contributed by atoms with Gasteiger partial charge in [0.2, 0.25) is 0 Å². The van der Waals surface area contributed by atoms with E-state index in [4.69, 9.17) is 0 Å². The van der Waals surface area contributed by atoms with Gasteiger partial charge < -0.3 is 0 Å². The van der Waals surface area contributed by atoms with Crippen LogP contribution in [0.5, 0.6) is 0 Å². The van der Waals surface area contributed by atoms with E-state index < -0.39 is 0 Å². The van der Waals surface area contributed by atoms with Crippen molar-refractivity contribution in [3.63, 3.8) is 0 Å². The van der Waals surface area contributed by atoms with Gasteiger partial charge in [-0.1, -0.05) is 78.4 Å². The van der Waals surface area contributed by atoms with Crippen LogP contribution in [0.2, 0.25) is 0 Å². The maximum Gasteiger partial charge on any atom is -0.0190 e. The molecular weight excluding hydrogens is 216 g/mol. The van der Waals surface area contributed by atoms with Gasteiger partial charge in [-0.25, -0.2) is 0 Å². The van der Waals surface area contributed by atoms with Crippen LogP contribution in [0, 0.1) is 13.8 Å². The van der Waals surface area contributed by atoms with Crippen LogP contribution in [0.4, 0.5) is 0 Å². The molecule has 0 amide bonds. The molecule has 0 aliphatic heterocycles. The third kappa shape index (κ3) is 3.21. The highest BCUT2D eigenvalue weighted by atomic mass is 14.0. The lowest BCUT2D eigenvalue weighted by Crippen LogP contribution is -1.80. The number of benzene rings is 2. The second-order valence-corrected chi connectivity index (χ2v) is 4.64. The van der Waals surface area contributed by atoms with Gasteiger partial charge in [-0.3, -0.25) is 0 Å². The largest absolute Gasteiger partial charge is 0.0912 e. The van der Waals surface area contributed by atoms with Crippen molar-refractivity contribution in [1.82, 2.24) is 0 Å². The fraction of sp³-hybridized carbons (Fsp3) is 0.111. The maximum atomic E-state index is 4.10. The van der Waals surface area contributed by atoms with Crippen LogP contribution < -0.4 is 0 Å². The van der Waals surface area contributed by atoms with Crippen molar-refractivity contribution in [2.24, 2.45) is 0 Å². The Morgan fingerprint density at radius 2 is 1.33 bits per heavy atom. The molecular formula is C18H18. The van der Waals surface area contributed by atoms with Gasteiger partial charge in [0.15, 0.2) is 0 Å². The molecule has 0 N–H and O–H groups in total. The van der Waals surface area contributed by atoms with E-state index in [0.717, 1.165) is 5.57 Å². The van der Waals surface area contributed by atoms with Crippen molar-refractivity contribution in [3.05, 3.63) is 83.4 Å². The monoisotopic (exact) mass is 234 g/mol. The molecule has 0 spiro atoms. The summed E-state index contributed by atoms with van der Waals surface area (Å²) in [4.78, 5) is 0. The van der Waals surface area contributed by atoms with E-state index >= 15 is 0 Å². The highest BCUT2D eigenvalue weighted by Gasteiger charge is 1.94. The Kier molecular flexibility index (Phi) is 3.78. The van der Waals surface area contributed by atoms with Crippen LogP contribution in [-0.2, 0) is 0 Å². The number of hydrogen-bond acceptors (Lipinski definition) is 0. The quantitative estimate of drug-likeness (QED) is 0.653. The van der Waals surface area contributed by atoms with Crippen LogP contribution in [0.25, 0.3) is 11.6 Å². The minimum absolute atomic E-state index is 1.04. The molecule has 0 aliphatic carbocycles. The lowest BCUT2D eigenvalue weighted by molar-refractivity contribution is 1.45. The molecule has 0 atom stereocenters. The van der Waals surface area contributed by atoms with Crippen molar-refractivity contribution in [2.75, 3.05) is 0 Å². The Hall–Kier alpha value is -2.08. The molecule has 18 heavy (non-hydrogen) atoms. The smallest absolute Gasteiger partial charge is 0.0190 e. The first-order chi connectivity index (χ1) is 8.65. The molecule has 0 heterocycles. The van der Waals surface area contributed by atoms with Crippen molar-refractivity contribution in [3.8, 4) is 0 Å². The molecule has 0 aromatic heterocycles. The van der Waals surface area contributed by atoms with Gasteiger partial charge in [-0.15, -0.1) is 0 Å². The number of rotatable bonds is 3. The molecule has 0 nitrogen and oxygen atoms in total. The van der Waals surface area contributed by atoms with Crippen molar-refractivity contribution in [1.29, 1.82) is 0 Å². The first kappa shape index (κ1) is 12.4. The van der Waals surface area contributed by atoms with Gasteiger partial charge >= 0.3 is 0 Å². The number of aryl methyl sites for hydroxylation is 2. The molecule has 0 fully saturated rings. The maximum absolute atomic E-state index is 4.10. The van der Waals surface area contributed by atoms with Crippen molar-refractivity contribution < 1.29 is 0 Å². The summed E-state index contributed by atoms with van der Waals surface area (Å²) in [6.07, 6.45) is 4.16. The third-order valence-electron chi connectivity index (χ3n) is 2.98. The fourth-order valence-corrected chi connectivity index (χ4v) is 1.74. The lowest BCUT2D eigenvalue weighted by atomic mass is 10.0. The molecule has 0 bridgehead atoms. The van der Waals surface area contributed by atoms with Crippen molar-refractivity contribution >= 4 is 11.6 Å². The summed E-state index contributed by atoms with van der Waals surface area (Å²) in [5.74, 6) is 0. The van der Waals surface area contributed by atoms with E-state index in [1.54, 1.807) is 0 Å². The predicted octanol–water partition coefficient (Wildman–Crippen LogP) is 5.03. The highest BCUT2D eigenvalue weighted by Crippen LogP contribution is 2.16. The van der Waals surface area contributed by atoms with Crippen LogP contribution >= 0.6 is 0 Å². The Morgan fingerprint density at radius 3 is 1.89 bits per heavy atom. The Labute approximate surface area is 109 Å². The van der Waals surface area contributed by atoms with Gasteiger partial charge in [0.25, 0.3) is 0 Å². The minimum Gasteiger partial charge on any atom is -0.0912 e. The van der Waals surface area contributed by atoms with Gasteiger partial charge in [-0.05, 0) is 30.5 Å². The molecule has 2 aromatic carbocycles. The first-order valence-corrected chi connectivity index (χ1v) is 6.16. The molecule has 0 saturated carbocycles. The summed E-state index contributed by atoms with van der Waals surface area (Å²) in [7, 11) is 0. The number of hydrogen-bond donors (Lipinski definition) is 0. The predicted molar refractivity (Wildman–Crippen MR) is 80.4 cm³/mol. The van der Waals surface area contributed by atoms with Crippen molar-refractivity contribution in [2.45, 2.75) is 13.8 Å². The molecule has 90 valence electrons. The van der Waals surface area contributed by atoms with E-state index in [-0.39, 0.29) is 0 Å². The van der Waals surface area contributed by atoms with E-state index in [2.05, 4.69) is 81.1 Å². The number of allylic oxidation sites excluding steroid dienone is 2. The highest BCUT2D eigenvalue weighted by molar-refractivity contribution is 5.77. The summed E-state index contributed by atoms with van der Waals surface area (Å²) >= 11 is 0. The summed E-state index contributed by atoms with van der Waals surface area (Å²) in [5, 5.41) is 0. The normalized spacial score (nSPS) is 10.8. The minimum atomic E-state index is 1.04. The molecule has 2 aromatic rings. The van der Waals surface area contributed by atoms with Crippen LogP contribution in [0.1, 0.15) is 22.3 Å². The average molecular weight is 234 g/mol. The first-order valence-electron chi connectivity index (χ1n) is 6.16. The second-order valence-electron chi connectivity index (χ2n) is 4.64. The van der Waals surface area contributed by atoms with E-state index in [1.807, 2.05) is 0 Å². The van der Waals surface area contributed by atoms with Gasteiger partial charge in [0.05, 0.1) is 0 Å². The zero-order valence-electron chi connectivity index (χ0n) is 11.0. The summed E-state index contributed by atoms with van der Waals surface area (Å²) in [6.45, 7) is 8.29.